The predicted molar refractivity (Wildman–Crippen MR) is 98.6 cm³/mol. The summed E-state index contributed by atoms with van der Waals surface area (Å²) < 4.78 is 5.17. The number of ether oxygens (including phenoxy) is 1. The van der Waals surface area contributed by atoms with Crippen LogP contribution in [-0.2, 0) is 11.2 Å². The highest BCUT2D eigenvalue weighted by Crippen LogP contribution is 2.31. The van der Waals surface area contributed by atoms with Gasteiger partial charge in [-0.3, -0.25) is 4.79 Å². The van der Waals surface area contributed by atoms with Crippen LogP contribution in [0.1, 0.15) is 36.9 Å². The maximum absolute atomic E-state index is 12.6. The van der Waals surface area contributed by atoms with Crippen molar-refractivity contribution in [2.24, 2.45) is 0 Å². The van der Waals surface area contributed by atoms with Crippen LogP contribution in [0.25, 0.3) is 0 Å². The van der Waals surface area contributed by atoms with Gasteiger partial charge >= 0.3 is 0 Å². The summed E-state index contributed by atoms with van der Waals surface area (Å²) in [6.45, 7) is 1.96. The highest BCUT2D eigenvalue weighted by atomic mass is 32.2. The number of thioether (sulfide) groups is 1. The first-order valence-corrected chi connectivity index (χ1v) is 9.24. The first-order chi connectivity index (χ1) is 11.7. The molecule has 0 bridgehead atoms. The van der Waals surface area contributed by atoms with Gasteiger partial charge in [0.1, 0.15) is 5.75 Å². The van der Waals surface area contributed by atoms with Gasteiger partial charge in [-0.1, -0.05) is 24.3 Å². The Bertz CT molecular complexity index is 699. The highest BCUT2D eigenvalue weighted by molar-refractivity contribution is 8.00. The molecule has 3 nitrogen and oxygen atoms in total. The van der Waals surface area contributed by atoms with Gasteiger partial charge in [0, 0.05) is 4.90 Å². The number of amides is 1. The smallest absolute Gasteiger partial charge is 0.233 e. The van der Waals surface area contributed by atoms with Crippen LogP contribution in [0, 0.1) is 0 Å². The zero-order valence-corrected chi connectivity index (χ0v) is 14.9. The SMILES string of the molecule is COc1ccc(S[C@@H](C)C(=O)N[C@@H]2CCCc3ccccc32)cc1. The minimum Gasteiger partial charge on any atom is -0.497 e. The molecule has 1 aliphatic rings. The van der Waals surface area contributed by atoms with Crippen molar-refractivity contribution in [1.29, 1.82) is 0 Å². The molecular weight excluding hydrogens is 318 g/mol. The van der Waals surface area contributed by atoms with Gasteiger partial charge in [0.25, 0.3) is 0 Å². The van der Waals surface area contributed by atoms with Crippen LogP contribution in [0.3, 0.4) is 0 Å². The molecule has 2 atom stereocenters. The lowest BCUT2D eigenvalue weighted by molar-refractivity contribution is -0.121. The second kappa shape index (κ2) is 7.75. The second-order valence-corrected chi connectivity index (χ2v) is 7.50. The molecule has 0 heterocycles. The maximum atomic E-state index is 12.6. The third kappa shape index (κ3) is 3.93. The van der Waals surface area contributed by atoms with E-state index in [1.165, 1.54) is 11.1 Å². The van der Waals surface area contributed by atoms with E-state index in [9.17, 15) is 4.79 Å². The number of rotatable bonds is 5. The third-order valence-corrected chi connectivity index (χ3v) is 5.54. The van der Waals surface area contributed by atoms with Gasteiger partial charge < -0.3 is 10.1 Å². The van der Waals surface area contributed by atoms with Crippen LogP contribution in [0.5, 0.6) is 5.75 Å². The average Bonchev–Trinajstić information content (AvgIpc) is 2.62. The van der Waals surface area contributed by atoms with Crippen molar-refractivity contribution < 1.29 is 9.53 Å². The average molecular weight is 341 g/mol. The molecule has 126 valence electrons. The molecule has 4 heteroatoms. The van der Waals surface area contributed by atoms with E-state index in [1.807, 2.05) is 31.2 Å². The van der Waals surface area contributed by atoms with E-state index in [2.05, 4.69) is 29.6 Å². The number of fused-ring (bicyclic) bond motifs is 1. The minimum atomic E-state index is -0.132. The van der Waals surface area contributed by atoms with Crippen molar-refractivity contribution >= 4 is 17.7 Å². The quantitative estimate of drug-likeness (QED) is 0.821. The van der Waals surface area contributed by atoms with Gasteiger partial charge in [-0.2, -0.15) is 0 Å². The predicted octanol–water partition coefficient (Wildman–Crippen LogP) is 4.37. The maximum Gasteiger partial charge on any atom is 0.233 e. The summed E-state index contributed by atoms with van der Waals surface area (Å²) >= 11 is 1.57. The van der Waals surface area contributed by atoms with Gasteiger partial charge in [-0.05, 0) is 61.6 Å². The van der Waals surface area contributed by atoms with E-state index in [4.69, 9.17) is 4.74 Å². The van der Waals surface area contributed by atoms with Crippen molar-refractivity contribution in [1.82, 2.24) is 5.32 Å². The van der Waals surface area contributed by atoms with Crippen LogP contribution >= 0.6 is 11.8 Å². The molecule has 24 heavy (non-hydrogen) atoms. The van der Waals surface area contributed by atoms with E-state index < -0.39 is 0 Å². The molecule has 1 amide bonds. The Kier molecular flexibility index (Phi) is 5.46. The number of carbonyl (C=O) groups excluding carboxylic acids is 1. The van der Waals surface area contributed by atoms with Gasteiger partial charge in [0.05, 0.1) is 18.4 Å². The first kappa shape index (κ1) is 16.9. The molecular formula is C20H23NO2S. The zero-order chi connectivity index (χ0) is 16.9. The zero-order valence-electron chi connectivity index (χ0n) is 14.1. The molecule has 1 N–H and O–H groups in total. The van der Waals surface area contributed by atoms with Crippen molar-refractivity contribution in [3.05, 3.63) is 59.7 Å². The largest absolute Gasteiger partial charge is 0.497 e. The van der Waals surface area contributed by atoms with E-state index >= 15 is 0 Å². The summed E-state index contributed by atoms with van der Waals surface area (Å²) in [4.78, 5) is 13.7. The standard InChI is InChI=1S/C20H23NO2S/c1-14(24-17-12-10-16(23-2)11-13-17)20(22)21-19-9-5-7-15-6-3-4-8-18(15)19/h3-4,6,8,10-14,19H,5,7,9H2,1-2H3,(H,21,22)/t14-,19+/m0/s1. The Morgan fingerprint density at radius 3 is 2.71 bits per heavy atom. The number of carbonyl (C=O) groups is 1. The molecule has 0 unspecified atom stereocenters. The lowest BCUT2D eigenvalue weighted by Crippen LogP contribution is -2.35. The van der Waals surface area contributed by atoms with Crippen molar-refractivity contribution in [3.63, 3.8) is 0 Å². The van der Waals surface area contributed by atoms with E-state index in [0.29, 0.717) is 0 Å². The van der Waals surface area contributed by atoms with Crippen LogP contribution in [-0.4, -0.2) is 18.3 Å². The van der Waals surface area contributed by atoms with Crippen molar-refractivity contribution in [3.8, 4) is 5.75 Å². The Balaban J connectivity index is 1.62. The number of aryl methyl sites for hydroxylation is 1. The topological polar surface area (TPSA) is 38.3 Å². The summed E-state index contributed by atoms with van der Waals surface area (Å²) in [5.74, 6) is 0.924. The molecule has 3 rings (SSSR count). The number of nitrogens with one attached hydrogen (secondary N) is 1. The van der Waals surface area contributed by atoms with Crippen molar-refractivity contribution in [2.75, 3.05) is 7.11 Å². The van der Waals surface area contributed by atoms with Gasteiger partial charge in [-0.25, -0.2) is 0 Å². The normalized spacial score (nSPS) is 17.7. The fourth-order valence-corrected chi connectivity index (χ4v) is 3.98. The number of benzene rings is 2. The van der Waals surface area contributed by atoms with E-state index in [-0.39, 0.29) is 17.2 Å². The first-order valence-electron chi connectivity index (χ1n) is 8.36. The fraction of sp³-hybridized carbons (Fsp3) is 0.350. The molecule has 0 radical (unpaired) electrons. The van der Waals surface area contributed by atoms with Crippen LogP contribution in [0.2, 0.25) is 0 Å². The number of hydrogen-bond acceptors (Lipinski definition) is 3. The molecule has 1 aliphatic carbocycles. The Morgan fingerprint density at radius 1 is 1.21 bits per heavy atom. The summed E-state index contributed by atoms with van der Waals surface area (Å²) in [7, 11) is 1.65. The molecule has 0 fully saturated rings. The molecule has 0 saturated heterocycles. The molecule has 0 saturated carbocycles. The Labute approximate surface area is 147 Å². The second-order valence-electron chi connectivity index (χ2n) is 6.09. The third-order valence-electron chi connectivity index (χ3n) is 4.43. The van der Waals surface area contributed by atoms with Gasteiger partial charge in [-0.15, -0.1) is 11.8 Å². The highest BCUT2D eigenvalue weighted by Gasteiger charge is 2.23. The summed E-state index contributed by atoms with van der Waals surface area (Å²) in [6, 6.07) is 16.4. The lowest BCUT2D eigenvalue weighted by atomic mass is 9.88. The molecule has 0 aliphatic heterocycles. The molecule has 0 spiro atoms. The van der Waals surface area contributed by atoms with Crippen LogP contribution < -0.4 is 10.1 Å². The summed E-state index contributed by atoms with van der Waals surface area (Å²) in [5, 5.41) is 3.10. The van der Waals surface area contributed by atoms with Crippen LogP contribution in [0.15, 0.2) is 53.4 Å². The monoisotopic (exact) mass is 341 g/mol. The van der Waals surface area contributed by atoms with Gasteiger partial charge in [0.15, 0.2) is 0 Å². The van der Waals surface area contributed by atoms with E-state index in [1.54, 1.807) is 18.9 Å². The fourth-order valence-electron chi connectivity index (χ4n) is 3.10. The number of hydrogen-bond donors (Lipinski definition) is 1. The molecule has 2 aromatic carbocycles. The van der Waals surface area contributed by atoms with Crippen LogP contribution in [0.4, 0.5) is 0 Å². The van der Waals surface area contributed by atoms with Gasteiger partial charge in [0.2, 0.25) is 5.91 Å². The Hall–Kier alpha value is -1.94. The molecule has 0 aromatic heterocycles. The lowest BCUT2D eigenvalue weighted by Gasteiger charge is -2.27. The summed E-state index contributed by atoms with van der Waals surface area (Å²) in [6.07, 6.45) is 3.25. The molecule has 2 aromatic rings. The number of methoxy groups -OCH3 is 1. The van der Waals surface area contributed by atoms with Crippen molar-refractivity contribution in [2.45, 2.75) is 42.4 Å². The minimum absolute atomic E-state index is 0.0949. The summed E-state index contributed by atoms with van der Waals surface area (Å²) in [5.41, 5.74) is 2.64. The van der Waals surface area contributed by atoms with E-state index in [0.717, 1.165) is 29.9 Å². The Morgan fingerprint density at radius 2 is 1.96 bits per heavy atom.